The van der Waals surface area contributed by atoms with Crippen molar-refractivity contribution in [2.45, 2.75) is 32.4 Å². The molecule has 0 bridgehead atoms. The first-order chi connectivity index (χ1) is 9.17. The van der Waals surface area contributed by atoms with Gasteiger partial charge in [-0.15, -0.1) is 0 Å². The van der Waals surface area contributed by atoms with Gasteiger partial charge in [0.1, 0.15) is 0 Å². The maximum atomic E-state index is 5.26. The summed E-state index contributed by atoms with van der Waals surface area (Å²) >= 11 is 0. The van der Waals surface area contributed by atoms with Gasteiger partial charge in [0.25, 0.3) is 0 Å². The molecule has 1 aromatic rings. The highest BCUT2D eigenvalue weighted by Crippen LogP contribution is 2.37. The third kappa shape index (κ3) is 3.07. The van der Waals surface area contributed by atoms with Gasteiger partial charge in [-0.05, 0) is 52.4 Å². The van der Waals surface area contributed by atoms with E-state index in [4.69, 9.17) is 4.74 Å². The zero-order chi connectivity index (χ0) is 13.8. The van der Waals surface area contributed by atoms with E-state index in [1.807, 2.05) is 19.2 Å². The van der Waals surface area contributed by atoms with Crippen LogP contribution in [0.5, 0.6) is 5.88 Å². The number of hydrogen-bond donors (Lipinski definition) is 1. The molecular formula is C15H25N3O. The van der Waals surface area contributed by atoms with Crippen molar-refractivity contribution in [3.8, 4) is 5.88 Å². The van der Waals surface area contributed by atoms with Crippen LogP contribution in [0.15, 0.2) is 18.2 Å². The molecule has 106 valence electrons. The van der Waals surface area contributed by atoms with E-state index in [1.54, 1.807) is 7.11 Å². The van der Waals surface area contributed by atoms with Crippen molar-refractivity contribution in [2.75, 3.05) is 27.2 Å². The highest BCUT2D eigenvalue weighted by Gasteiger charge is 2.37. The fourth-order valence-corrected chi connectivity index (χ4v) is 3.06. The van der Waals surface area contributed by atoms with E-state index in [9.17, 15) is 0 Å². The first-order valence-electron chi connectivity index (χ1n) is 7.08. The lowest BCUT2D eigenvalue weighted by Gasteiger charge is -2.31. The molecule has 2 unspecified atom stereocenters. The molecule has 1 N–H and O–H groups in total. The third-order valence-corrected chi connectivity index (χ3v) is 3.95. The van der Waals surface area contributed by atoms with Crippen LogP contribution in [0.4, 0.5) is 0 Å². The Morgan fingerprint density at radius 2 is 2.26 bits per heavy atom. The summed E-state index contributed by atoms with van der Waals surface area (Å²) in [6.45, 7) is 6.70. The van der Waals surface area contributed by atoms with Crippen molar-refractivity contribution in [3.63, 3.8) is 0 Å². The fraction of sp³-hybridized carbons (Fsp3) is 0.667. The molecular weight excluding hydrogens is 238 g/mol. The van der Waals surface area contributed by atoms with E-state index in [0.717, 1.165) is 18.8 Å². The molecule has 1 fully saturated rings. The van der Waals surface area contributed by atoms with E-state index in [1.165, 1.54) is 6.42 Å². The molecule has 2 rings (SSSR count). The van der Waals surface area contributed by atoms with Crippen molar-refractivity contribution < 1.29 is 4.74 Å². The van der Waals surface area contributed by atoms with Crippen LogP contribution in [0.25, 0.3) is 0 Å². The monoisotopic (exact) mass is 263 g/mol. The highest BCUT2D eigenvalue weighted by molar-refractivity contribution is 5.20. The van der Waals surface area contributed by atoms with Gasteiger partial charge in [0.2, 0.25) is 5.88 Å². The van der Waals surface area contributed by atoms with Crippen molar-refractivity contribution in [1.82, 2.24) is 15.2 Å². The van der Waals surface area contributed by atoms with Crippen molar-refractivity contribution >= 4 is 0 Å². The third-order valence-electron chi connectivity index (χ3n) is 3.95. The maximum absolute atomic E-state index is 5.26. The lowest BCUT2D eigenvalue weighted by Crippen LogP contribution is -2.34. The number of nitrogens with one attached hydrogen (secondary N) is 1. The first-order valence-corrected chi connectivity index (χ1v) is 7.08. The van der Waals surface area contributed by atoms with E-state index < -0.39 is 0 Å². The number of hydrogen-bond acceptors (Lipinski definition) is 4. The molecule has 4 heteroatoms. The second-order valence-corrected chi connectivity index (χ2v) is 5.49. The van der Waals surface area contributed by atoms with Crippen LogP contribution in [0, 0.1) is 5.92 Å². The van der Waals surface area contributed by atoms with Crippen LogP contribution in [-0.2, 0) is 0 Å². The molecule has 1 saturated heterocycles. The molecule has 2 atom stereocenters. The van der Waals surface area contributed by atoms with Crippen molar-refractivity contribution in [3.05, 3.63) is 23.9 Å². The highest BCUT2D eigenvalue weighted by atomic mass is 16.5. The Bertz CT molecular complexity index is 408. The standard InChI is InChI=1S/C15H25N3O/c1-11(2)18-9-8-12(10-16-3)15(18)13-6-5-7-14(17-13)19-4/h5-7,11-12,15-16H,8-10H2,1-4H3. The van der Waals surface area contributed by atoms with Crippen LogP contribution >= 0.6 is 0 Å². The van der Waals surface area contributed by atoms with E-state index in [-0.39, 0.29) is 0 Å². The summed E-state index contributed by atoms with van der Waals surface area (Å²) in [5, 5.41) is 3.31. The Balaban J connectivity index is 2.28. The van der Waals surface area contributed by atoms with Gasteiger partial charge in [0.05, 0.1) is 18.8 Å². The van der Waals surface area contributed by atoms with Crippen molar-refractivity contribution in [1.29, 1.82) is 0 Å². The summed E-state index contributed by atoms with van der Waals surface area (Å²) in [6.07, 6.45) is 1.22. The van der Waals surface area contributed by atoms with Crippen LogP contribution in [0.1, 0.15) is 32.0 Å². The predicted octanol–water partition coefficient (Wildman–Crippen LogP) is 2.08. The summed E-state index contributed by atoms with van der Waals surface area (Å²) in [6, 6.07) is 7.00. The topological polar surface area (TPSA) is 37.4 Å². The molecule has 0 aromatic carbocycles. The average Bonchev–Trinajstić information content (AvgIpc) is 2.83. The molecule has 0 radical (unpaired) electrons. The molecule has 2 heterocycles. The number of ether oxygens (including phenoxy) is 1. The quantitative estimate of drug-likeness (QED) is 0.882. The summed E-state index contributed by atoms with van der Waals surface area (Å²) in [7, 11) is 3.69. The lowest BCUT2D eigenvalue weighted by molar-refractivity contribution is 0.178. The van der Waals surface area contributed by atoms with Gasteiger partial charge in [-0.3, -0.25) is 4.90 Å². The molecule has 1 aromatic heterocycles. The maximum Gasteiger partial charge on any atom is 0.213 e. The molecule has 19 heavy (non-hydrogen) atoms. The Morgan fingerprint density at radius 1 is 1.47 bits per heavy atom. The second kappa shape index (κ2) is 6.35. The zero-order valence-electron chi connectivity index (χ0n) is 12.4. The number of pyridine rings is 1. The van der Waals surface area contributed by atoms with Crippen LogP contribution in [0.3, 0.4) is 0 Å². The number of methoxy groups -OCH3 is 1. The number of likely N-dealkylation sites (tertiary alicyclic amines) is 1. The fourth-order valence-electron chi connectivity index (χ4n) is 3.06. The Morgan fingerprint density at radius 3 is 2.89 bits per heavy atom. The Hall–Kier alpha value is -1.13. The second-order valence-electron chi connectivity index (χ2n) is 5.49. The minimum Gasteiger partial charge on any atom is -0.481 e. The normalized spacial score (nSPS) is 24.1. The smallest absolute Gasteiger partial charge is 0.213 e. The molecule has 0 aliphatic carbocycles. The van der Waals surface area contributed by atoms with E-state index in [0.29, 0.717) is 23.9 Å². The SMILES string of the molecule is CNCC1CCN(C(C)C)C1c1cccc(OC)n1. The molecule has 0 amide bonds. The van der Waals surface area contributed by atoms with Gasteiger partial charge in [-0.25, -0.2) is 4.98 Å². The van der Waals surface area contributed by atoms with Crippen molar-refractivity contribution in [2.24, 2.45) is 5.92 Å². The molecule has 1 aliphatic heterocycles. The van der Waals surface area contributed by atoms with Crippen LogP contribution in [-0.4, -0.2) is 43.2 Å². The van der Waals surface area contributed by atoms with Gasteiger partial charge in [0, 0.05) is 12.1 Å². The van der Waals surface area contributed by atoms with Gasteiger partial charge in [-0.2, -0.15) is 0 Å². The molecule has 4 nitrogen and oxygen atoms in total. The van der Waals surface area contributed by atoms with Gasteiger partial charge in [-0.1, -0.05) is 6.07 Å². The number of aromatic nitrogens is 1. The summed E-state index contributed by atoms with van der Waals surface area (Å²) in [4.78, 5) is 7.19. The Labute approximate surface area is 116 Å². The van der Waals surface area contributed by atoms with Gasteiger partial charge in [0.15, 0.2) is 0 Å². The largest absolute Gasteiger partial charge is 0.481 e. The van der Waals surface area contributed by atoms with Gasteiger partial charge >= 0.3 is 0 Å². The van der Waals surface area contributed by atoms with Crippen LogP contribution in [0.2, 0.25) is 0 Å². The number of rotatable bonds is 5. The van der Waals surface area contributed by atoms with Gasteiger partial charge < -0.3 is 10.1 Å². The predicted molar refractivity (Wildman–Crippen MR) is 77.4 cm³/mol. The minimum absolute atomic E-state index is 0.391. The summed E-state index contributed by atoms with van der Waals surface area (Å²) in [5.74, 6) is 1.32. The molecule has 0 saturated carbocycles. The minimum atomic E-state index is 0.391. The summed E-state index contributed by atoms with van der Waals surface area (Å²) in [5.41, 5.74) is 1.13. The Kier molecular flexibility index (Phi) is 4.77. The summed E-state index contributed by atoms with van der Waals surface area (Å²) < 4.78 is 5.26. The zero-order valence-corrected chi connectivity index (χ0v) is 12.4. The van der Waals surface area contributed by atoms with E-state index >= 15 is 0 Å². The first kappa shape index (κ1) is 14.3. The lowest BCUT2D eigenvalue weighted by atomic mass is 9.96. The van der Waals surface area contributed by atoms with Crippen LogP contribution < -0.4 is 10.1 Å². The molecule has 0 spiro atoms. The van der Waals surface area contributed by atoms with E-state index in [2.05, 4.69) is 35.1 Å². The average molecular weight is 263 g/mol. The number of nitrogens with zero attached hydrogens (tertiary/aromatic N) is 2. The molecule has 1 aliphatic rings.